The molecule has 9 heteroatoms. The average Bonchev–Trinajstić information content (AvgIpc) is 3.39. The highest BCUT2D eigenvalue weighted by atomic mass is 32.2. The summed E-state index contributed by atoms with van der Waals surface area (Å²) in [4.78, 5) is 18.2. The largest absolute Gasteiger partial charge is 0.339 e. The minimum Gasteiger partial charge on any atom is -0.339 e. The molecule has 0 radical (unpaired) electrons. The Bertz CT molecular complexity index is 935. The summed E-state index contributed by atoms with van der Waals surface area (Å²) in [7, 11) is 0. The molecule has 0 spiro atoms. The van der Waals surface area contributed by atoms with Crippen LogP contribution in [0, 0.1) is 0 Å². The maximum absolute atomic E-state index is 12.9. The number of carbonyl (C=O) groups is 1. The average molecular weight is 429 g/mol. The minimum atomic E-state index is -0.265. The SMILES string of the molecule is CC(Sc1nnc(-c2cccs2)n1N)C(=O)N1CCN(Cc2ccccc2)CC1. The van der Waals surface area contributed by atoms with Crippen molar-refractivity contribution < 1.29 is 4.79 Å². The Labute approximate surface area is 178 Å². The molecule has 0 bridgehead atoms. The molecular weight excluding hydrogens is 404 g/mol. The molecule has 1 saturated heterocycles. The molecule has 1 amide bonds. The maximum atomic E-state index is 12.9. The lowest BCUT2D eigenvalue weighted by Crippen LogP contribution is -2.50. The van der Waals surface area contributed by atoms with Gasteiger partial charge in [-0.1, -0.05) is 48.2 Å². The van der Waals surface area contributed by atoms with Gasteiger partial charge in [-0.3, -0.25) is 9.69 Å². The van der Waals surface area contributed by atoms with E-state index < -0.39 is 0 Å². The Balaban J connectivity index is 1.31. The molecule has 152 valence electrons. The Morgan fingerprint density at radius 1 is 1.14 bits per heavy atom. The zero-order chi connectivity index (χ0) is 20.2. The Morgan fingerprint density at radius 3 is 2.59 bits per heavy atom. The summed E-state index contributed by atoms with van der Waals surface area (Å²) in [6, 6.07) is 14.3. The van der Waals surface area contributed by atoms with E-state index in [1.165, 1.54) is 22.0 Å². The quantitative estimate of drug-likeness (QED) is 0.480. The van der Waals surface area contributed by atoms with Gasteiger partial charge in [0.05, 0.1) is 10.1 Å². The lowest BCUT2D eigenvalue weighted by Gasteiger charge is -2.35. The first kappa shape index (κ1) is 19.9. The third-order valence-corrected chi connectivity index (χ3v) is 6.88. The number of aromatic nitrogens is 3. The van der Waals surface area contributed by atoms with Gasteiger partial charge in [-0.15, -0.1) is 21.5 Å². The minimum absolute atomic E-state index is 0.120. The Morgan fingerprint density at radius 2 is 1.90 bits per heavy atom. The molecule has 3 heterocycles. The van der Waals surface area contributed by atoms with Gasteiger partial charge in [0.25, 0.3) is 0 Å². The van der Waals surface area contributed by atoms with Crippen LogP contribution in [0.3, 0.4) is 0 Å². The number of nitrogens with zero attached hydrogens (tertiary/aromatic N) is 5. The van der Waals surface area contributed by atoms with E-state index in [1.54, 1.807) is 11.3 Å². The maximum Gasteiger partial charge on any atom is 0.235 e. The van der Waals surface area contributed by atoms with Crippen LogP contribution in [-0.4, -0.2) is 62.0 Å². The highest BCUT2D eigenvalue weighted by Gasteiger charge is 2.27. The van der Waals surface area contributed by atoms with Gasteiger partial charge in [0.15, 0.2) is 5.82 Å². The van der Waals surface area contributed by atoms with Gasteiger partial charge in [0.1, 0.15) is 0 Å². The van der Waals surface area contributed by atoms with Crippen molar-refractivity contribution in [2.24, 2.45) is 0 Å². The summed E-state index contributed by atoms with van der Waals surface area (Å²) < 4.78 is 1.47. The first-order valence-corrected chi connectivity index (χ1v) is 11.3. The van der Waals surface area contributed by atoms with Gasteiger partial charge in [0, 0.05) is 32.7 Å². The van der Waals surface area contributed by atoms with Crippen LogP contribution in [0.5, 0.6) is 0 Å². The van der Waals surface area contributed by atoms with Crippen LogP contribution < -0.4 is 5.84 Å². The van der Waals surface area contributed by atoms with Crippen LogP contribution in [0.1, 0.15) is 12.5 Å². The number of piperazine rings is 1. The van der Waals surface area contributed by atoms with E-state index in [1.807, 2.05) is 35.4 Å². The highest BCUT2D eigenvalue weighted by molar-refractivity contribution is 8.00. The first-order chi connectivity index (χ1) is 14.1. The number of carbonyl (C=O) groups excluding carboxylic acids is 1. The van der Waals surface area contributed by atoms with Crippen molar-refractivity contribution in [3.05, 3.63) is 53.4 Å². The van der Waals surface area contributed by atoms with Crippen molar-refractivity contribution in [2.45, 2.75) is 23.9 Å². The molecule has 29 heavy (non-hydrogen) atoms. The second-order valence-corrected chi connectivity index (χ2v) is 9.26. The number of hydrogen-bond donors (Lipinski definition) is 1. The molecule has 1 aliphatic rings. The van der Waals surface area contributed by atoms with Gasteiger partial charge in [0.2, 0.25) is 11.1 Å². The highest BCUT2D eigenvalue weighted by Crippen LogP contribution is 2.28. The van der Waals surface area contributed by atoms with E-state index in [0.717, 1.165) is 37.6 Å². The molecule has 2 N–H and O–H groups in total. The number of nitrogens with two attached hydrogens (primary N) is 1. The fourth-order valence-electron chi connectivity index (χ4n) is 3.36. The predicted molar refractivity (Wildman–Crippen MR) is 117 cm³/mol. The lowest BCUT2D eigenvalue weighted by molar-refractivity contribution is -0.132. The second kappa shape index (κ2) is 8.98. The van der Waals surface area contributed by atoms with Crippen LogP contribution in [-0.2, 0) is 11.3 Å². The van der Waals surface area contributed by atoms with Gasteiger partial charge in [-0.25, -0.2) is 4.68 Å². The molecule has 3 aromatic rings. The number of thiophene rings is 1. The molecular formula is C20H24N6OS2. The number of hydrogen-bond acceptors (Lipinski definition) is 7. The number of benzene rings is 1. The molecule has 0 aliphatic carbocycles. The summed E-state index contributed by atoms with van der Waals surface area (Å²) in [5.74, 6) is 6.90. The van der Waals surface area contributed by atoms with Crippen molar-refractivity contribution in [1.29, 1.82) is 0 Å². The third kappa shape index (κ3) is 4.63. The summed E-state index contributed by atoms with van der Waals surface area (Å²) in [6.07, 6.45) is 0. The first-order valence-electron chi connectivity index (χ1n) is 9.58. The fourth-order valence-corrected chi connectivity index (χ4v) is 4.92. The van der Waals surface area contributed by atoms with Gasteiger partial charge >= 0.3 is 0 Å². The van der Waals surface area contributed by atoms with Crippen LogP contribution in [0.2, 0.25) is 0 Å². The normalized spacial score (nSPS) is 16.1. The van der Waals surface area contributed by atoms with E-state index in [-0.39, 0.29) is 11.2 Å². The zero-order valence-electron chi connectivity index (χ0n) is 16.3. The number of thioether (sulfide) groups is 1. The number of rotatable bonds is 6. The number of amides is 1. The standard InChI is InChI=1S/C20H24N6OS2/c1-15(29-20-23-22-18(26(20)21)17-8-5-13-28-17)19(27)25-11-9-24(10-12-25)14-16-6-3-2-4-7-16/h2-8,13,15H,9-12,14,21H2,1H3. The van der Waals surface area contributed by atoms with E-state index >= 15 is 0 Å². The third-order valence-electron chi connectivity index (χ3n) is 4.97. The smallest absolute Gasteiger partial charge is 0.235 e. The molecule has 7 nitrogen and oxygen atoms in total. The topological polar surface area (TPSA) is 80.3 Å². The molecule has 1 aromatic carbocycles. The summed E-state index contributed by atoms with van der Waals surface area (Å²) in [6.45, 7) is 6.08. The molecule has 1 fully saturated rings. The molecule has 1 aliphatic heterocycles. The molecule has 0 saturated carbocycles. The predicted octanol–water partition coefficient (Wildman–Crippen LogP) is 2.55. The van der Waals surface area contributed by atoms with Crippen LogP contribution in [0.25, 0.3) is 10.7 Å². The molecule has 1 atom stereocenters. The molecule has 1 unspecified atom stereocenters. The van der Waals surface area contributed by atoms with Crippen molar-refractivity contribution in [3.8, 4) is 10.7 Å². The summed E-state index contributed by atoms with van der Waals surface area (Å²) >= 11 is 2.92. The van der Waals surface area contributed by atoms with Crippen molar-refractivity contribution >= 4 is 29.0 Å². The Kier molecular flexibility index (Phi) is 6.17. The van der Waals surface area contributed by atoms with Crippen molar-refractivity contribution in [3.63, 3.8) is 0 Å². The van der Waals surface area contributed by atoms with Crippen molar-refractivity contribution in [1.82, 2.24) is 24.7 Å². The monoisotopic (exact) mass is 428 g/mol. The van der Waals surface area contributed by atoms with Crippen LogP contribution in [0.15, 0.2) is 53.0 Å². The van der Waals surface area contributed by atoms with Gasteiger partial charge in [-0.2, -0.15) is 0 Å². The van der Waals surface area contributed by atoms with Crippen molar-refractivity contribution in [2.75, 3.05) is 32.0 Å². The fraction of sp³-hybridized carbons (Fsp3) is 0.350. The Hall–Kier alpha value is -2.36. The number of nitrogen functional groups attached to an aromatic ring is 1. The molecule has 2 aromatic heterocycles. The van der Waals surface area contributed by atoms with Gasteiger partial charge < -0.3 is 10.7 Å². The van der Waals surface area contributed by atoms with E-state index in [0.29, 0.717) is 11.0 Å². The second-order valence-electron chi connectivity index (χ2n) is 7.00. The van der Waals surface area contributed by atoms with E-state index in [2.05, 4.69) is 39.4 Å². The lowest BCUT2D eigenvalue weighted by atomic mass is 10.2. The molecule has 4 rings (SSSR count). The van der Waals surface area contributed by atoms with Crippen LogP contribution in [0.4, 0.5) is 0 Å². The van der Waals surface area contributed by atoms with Gasteiger partial charge in [-0.05, 0) is 23.9 Å². The van der Waals surface area contributed by atoms with E-state index in [9.17, 15) is 4.79 Å². The van der Waals surface area contributed by atoms with Crippen LogP contribution >= 0.6 is 23.1 Å². The summed E-state index contributed by atoms with van der Waals surface area (Å²) in [5.41, 5.74) is 1.31. The summed E-state index contributed by atoms with van der Waals surface area (Å²) in [5, 5.41) is 10.6. The zero-order valence-corrected chi connectivity index (χ0v) is 17.9. The van der Waals surface area contributed by atoms with E-state index in [4.69, 9.17) is 5.84 Å².